The van der Waals surface area contributed by atoms with Crippen molar-refractivity contribution in [2.24, 2.45) is 0 Å². The molecule has 0 atom stereocenters. The Morgan fingerprint density at radius 1 is 0.319 bits per heavy atom. The third-order valence-corrected chi connectivity index (χ3v) is 16.5. The highest BCUT2D eigenvalue weighted by Gasteiger charge is 2.40. The van der Waals surface area contributed by atoms with E-state index in [2.05, 4.69) is 268 Å². The van der Waals surface area contributed by atoms with Gasteiger partial charge < -0.3 is 9.80 Å². The molecule has 356 valence electrons. The predicted octanol–water partition coefficient (Wildman–Crippen LogP) is 20.4. The third-order valence-electron chi connectivity index (χ3n) is 16.5. The van der Waals surface area contributed by atoms with Gasteiger partial charge in [0.2, 0.25) is 0 Å². The van der Waals surface area contributed by atoms with E-state index in [1.165, 1.54) is 133 Å². The Bertz CT molecular complexity index is 3800. The Morgan fingerprint density at radius 2 is 0.681 bits per heavy atom. The lowest BCUT2D eigenvalue weighted by Gasteiger charge is -2.33. The van der Waals surface area contributed by atoms with Crippen molar-refractivity contribution in [3.8, 4) is 22.3 Å². The number of aryl methyl sites for hydroxylation is 1. The van der Waals surface area contributed by atoms with Crippen LogP contribution in [0.2, 0.25) is 0 Å². The van der Waals surface area contributed by atoms with Crippen molar-refractivity contribution in [3.05, 3.63) is 226 Å². The first-order chi connectivity index (χ1) is 34.6. The molecule has 0 bridgehead atoms. The molecule has 0 unspecified atom stereocenters. The average Bonchev–Trinajstić information content (AvgIpc) is 3.76. The maximum Gasteiger partial charge on any atom is 0.0546 e. The summed E-state index contributed by atoms with van der Waals surface area (Å²) in [7, 11) is 0. The second-order valence-electron chi connectivity index (χ2n) is 22.8. The maximum absolute atomic E-state index is 2.62. The smallest absolute Gasteiger partial charge is 0.0546 e. The second-order valence-corrected chi connectivity index (χ2v) is 22.8. The van der Waals surface area contributed by atoms with E-state index in [-0.39, 0.29) is 10.8 Å². The van der Waals surface area contributed by atoms with Crippen LogP contribution in [-0.4, -0.2) is 0 Å². The van der Waals surface area contributed by atoms with E-state index in [1.807, 2.05) is 0 Å². The predicted molar refractivity (Wildman–Crippen MR) is 310 cm³/mol. The minimum Gasteiger partial charge on any atom is -0.309 e. The molecular weight excluding hydrogens is 869 g/mol. The summed E-state index contributed by atoms with van der Waals surface area (Å²) in [5.41, 5.74) is 22.9. The summed E-state index contributed by atoms with van der Waals surface area (Å²) in [6, 6.07) is 70.2. The fraction of sp³-hybridized carbons (Fsp3) is 0.229. The van der Waals surface area contributed by atoms with E-state index in [0.29, 0.717) is 17.8 Å². The standard InChI is InChI=1S/C70H66N2/c1-42(2)46-34-45(7)35-49(37-46)71(63-32-20-30-61-67(63)55-26-16-18-28-59(55)69(61,8)9)65-40-57-52-23-13-15-25-54(52)66(41-58(57)51-22-12-14-24-53(51)65)72(50-38-47(43(3)4)36-48(39-50)44(5)6)64-33-21-31-62-68(64)56-27-17-19-29-60(56)70(62,10)11/h12-44H,1-11H3. The maximum atomic E-state index is 2.62. The molecule has 0 spiro atoms. The molecule has 10 aromatic carbocycles. The summed E-state index contributed by atoms with van der Waals surface area (Å²) in [5, 5.41) is 7.38. The van der Waals surface area contributed by atoms with Crippen LogP contribution in [0, 0.1) is 6.92 Å². The third kappa shape index (κ3) is 6.97. The number of hydrogen-bond acceptors (Lipinski definition) is 2. The van der Waals surface area contributed by atoms with Crippen LogP contribution >= 0.6 is 0 Å². The molecule has 0 aromatic heterocycles. The van der Waals surface area contributed by atoms with Gasteiger partial charge >= 0.3 is 0 Å². The second kappa shape index (κ2) is 16.8. The van der Waals surface area contributed by atoms with Gasteiger partial charge in [0, 0.05) is 44.1 Å². The molecule has 10 aromatic rings. The fourth-order valence-electron chi connectivity index (χ4n) is 12.7. The Labute approximate surface area is 427 Å². The van der Waals surface area contributed by atoms with E-state index in [4.69, 9.17) is 0 Å². The molecule has 0 saturated heterocycles. The number of benzene rings is 10. The molecule has 0 fully saturated rings. The highest BCUT2D eigenvalue weighted by molar-refractivity contribution is 6.25. The van der Waals surface area contributed by atoms with Gasteiger partial charge in [-0.3, -0.25) is 0 Å². The molecule has 0 heterocycles. The highest BCUT2D eigenvalue weighted by atomic mass is 15.2. The molecule has 2 aliphatic rings. The van der Waals surface area contributed by atoms with Gasteiger partial charge in [0.1, 0.15) is 0 Å². The number of rotatable bonds is 9. The normalized spacial score (nSPS) is 14.1. The number of anilines is 6. The van der Waals surface area contributed by atoms with E-state index < -0.39 is 0 Å². The van der Waals surface area contributed by atoms with Crippen LogP contribution in [0.3, 0.4) is 0 Å². The van der Waals surface area contributed by atoms with Crippen LogP contribution in [0.4, 0.5) is 34.1 Å². The zero-order valence-corrected chi connectivity index (χ0v) is 43.9. The first kappa shape index (κ1) is 45.7. The zero-order chi connectivity index (χ0) is 50.0. The van der Waals surface area contributed by atoms with Gasteiger partial charge in [-0.15, -0.1) is 0 Å². The van der Waals surface area contributed by atoms with Crippen molar-refractivity contribution < 1.29 is 0 Å². The van der Waals surface area contributed by atoms with Gasteiger partial charge in [0.05, 0.1) is 22.7 Å². The Balaban J connectivity index is 1.20. The fourth-order valence-corrected chi connectivity index (χ4v) is 12.7. The van der Waals surface area contributed by atoms with E-state index in [0.717, 1.165) is 0 Å². The van der Waals surface area contributed by atoms with Crippen LogP contribution in [-0.2, 0) is 10.8 Å². The van der Waals surface area contributed by atoms with E-state index in [9.17, 15) is 0 Å². The van der Waals surface area contributed by atoms with Crippen molar-refractivity contribution in [3.63, 3.8) is 0 Å². The summed E-state index contributed by atoms with van der Waals surface area (Å²) in [6.45, 7) is 25.8. The Hall–Kier alpha value is -7.42. The molecule has 72 heavy (non-hydrogen) atoms. The number of nitrogens with zero attached hydrogens (tertiary/aromatic N) is 2. The molecule has 0 aliphatic heterocycles. The topological polar surface area (TPSA) is 6.48 Å². The average molecular weight is 935 g/mol. The quantitative estimate of drug-likeness (QED) is 0.133. The van der Waals surface area contributed by atoms with Crippen molar-refractivity contribution in [2.45, 2.75) is 105 Å². The van der Waals surface area contributed by atoms with Crippen molar-refractivity contribution in [1.29, 1.82) is 0 Å². The summed E-state index contributed by atoms with van der Waals surface area (Å²) in [5.74, 6) is 1.09. The molecule has 12 rings (SSSR count). The summed E-state index contributed by atoms with van der Waals surface area (Å²) >= 11 is 0. The van der Waals surface area contributed by atoms with Gasteiger partial charge in [-0.05, 0) is 150 Å². The molecule has 2 heteroatoms. The first-order valence-corrected chi connectivity index (χ1v) is 26.3. The van der Waals surface area contributed by atoms with Crippen LogP contribution in [0.1, 0.15) is 131 Å². The van der Waals surface area contributed by atoms with Gasteiger partial charge in [-0.2, -0.15) is 0 Å². The van der Waals surface area contributed by atoms with Gasteiger partial charge in [-0.1, -0.05) is 203 Å². The molecule has 2 aliphatic carbocycles. The first-order valence-electron chi connectivity index (χ1n) is 26.3. The molecular formula is C70H66N2. The highest BCUT2D eigenvalue weighted by Crippen LogP contribution is 2.58. The zero-order valence-electron chi connectivity index (χ0n) is 43.9. The summed E-state index contributed by atoms with van der Waals surface area (Å²) < 4.78 is 0. The summed E-state index contributed by atoms with van der Waals surface area (Å²) in [4.78, 5) is 5.22. The minimum atomic E-state index is -0.148. The lowest BCUT2D eigenvalue weighted by molar-refractivity contribution is 0.660. The van der Waals surface area contributed by atoms with Crippen molar-refractivity contribution >= 4 is 66.4 Å². The molecule has 0 N–H and O–H groups in total. The van der Waals surface area contributed by atoms with Crippen LogP contribution in [0.5, 0.6) is 0 Å². The molecule has 2 nitrogen and oxygen atoms in total. The van der Waals surface area contributed by atoms with Crippen molar-refractivity contribution in [1.82, 2.24) is 0 Å². The molecule has 0 saturated carbocycles. The van der Waals surface area contributed by atoms with Gasteiger partial charge in [0.25, 0.3) is 0 Å². The van der Waals surface area contributed by atoms with E-state index in [1.54, 1.807) is 0 Å². The van der Waals surface area contributed by atoms with Gasteiger partial charge in [0.15, 0.2) is 0 Å². The van der Waals surface area contributed by atoms with Crippen LogP contribution in [0.15, 0.2) is 182 Å². The lowest BCUT2D eigenvalue weighted by Crippen LogP contribution is -2.16. The minimum absolute atomic E-state index is 0.144. The number of fused-ring (bicyclic) bond motifs is 11. The van der Waals surface area contributed by atoms with Crippen LogP contribution in [0.25, 0.3) is 54.6 Å². The Kier molecular flexibility index (Phi) is 10.7. The monoisotopic (exact) mass is 935 g/mol. The summed E-state index contributed by atoms with van der Waals surface area (Å²) in [6.07, 6.45) is 0. The number of hydrogen-bond donors (Lipinski definition) is 0. The SMILES string of the molecule is Cc1cc(C(C)C)cc(N(c2cccc3c2-c2ccccc2C3(C)C)c2cc3c4ccccc4c(N(c4cc(C(C)C)cc(C(C)C)c4)c4cccc5c4-c4ccccc4C5(C)C)cc3c3ccccc23)c1. The molecule has 0 amide bonds. The van der Waals surface area contributed by atoms with Crippen molar-refractivity contribution in [2.75, 3.05) is 9.80 Å². The van der Waals surface area contributed by atoms with E-state index >= 15 is 0 Å². The largest absolute Gasteiger partial charge is 0.309 e. The Morgan fingerprint density at radius 3 is 1.11 bits per heavy atom. The van der Waals surface area contributed by atoms with Crippen LogP contribution < -0.4 is 9.80 Å². The van der Waals surface area contributed by atoms with Gasteiger partial charge in [-0.25, -0.2) is 0 Å². The molecule has 0 radical (unpaired) electrons. The lowest BCUT2D eigenvalue weighted by atomic mass is 9.82.